The van der Waals surface area contributed by atoms with E-state index in [1.807, 2.05) is 29.2 Å². The SMILES string of the molecule is COCC1CN(c2ccc(OCCC(C)C)cc2)C(=S)O1. The van der Waals surface area contributed by atoms with E-state index < -0.39 is 0 Å². The van der Waals surface area contributed by atoms with Crippen LogP contribution in [0.25, 0.3) is 0 Å². The van der Waals surface area contributed by atoms with Crippen LogP contribution in [0.3, 0.4) is 0 Å². The van der Waals surface area contributed by atoms with Gasteiger partial charge in [-0.25, -0.2) is 0 Å². The highest BCUT2D eigenvalue weighted by Gasteiger charge is 2.29. The minimum atomic E-state index is 0.00414. The Kier molecular flexibility index (Phi) is 5.82. The molecule has 0 aliphatic carbocycles. The van der Waals surface area contributed by atoms with Crippen LogP contribution in [0.15, 0.2) is 24.3 Å². The van der Waals surface area contributed by atoms with Gasteiger partial charge in [-0.15, -0.1) is 0 Å². The summed E-state index contributed by atoms with van der Waals surface area (Å²) in [6.07, 6.45) is 1.06. The fraction of sp³-hybridized carbons (Fsp3) is 0.562. The maximum Gasteiger partial charge on any atom is 0.264 e. The number of benzene rings is 1. The largest absolute Gasteiger partial charge is 0.494 e. The van der Waals surface area contributed by atoms with E-state index in [9.17, 15) is 0 Å². The number of anilines is 1. The lowest BCUT2D eigenvalue weighted by Crippen LogP contribution is -2.25. The van der Waals surface area contributed by atoms with Gasteiger partial charge >= 0.3 is 0 Å². The molecular formula is C16H23NO3S. The van der Waals surface area contributed by atoms with Crippen LogP contribution in [0.1, 0.15) is 20.3 Å². The van der Waals surface area contributed by atoms with Gasteiger partial charge < -0.3 is 14.2 Å². The molecular weight excluding hydrogens is 286 g/mol. The zero-order chi connectivity index (χ0) is 15.2. The van der Waals surface area contributed by atoms with Gasteiger partial charge in [0.15, 0.2) is 0 Å². The minimum absolute atomic E-state index is 0.00414. The first-order valence-corrected chi connectivity index (χ1v) is 7.71. The van der Waals surface area contributed by atoms with E-state index in [4.69, 9.17) is 26.4 Å². The molecule has 21 heavy (non-hydrogen) atoms. The van der Waals surface area contributed by atoms with Gasteiger partial charge in [-0.1, -0.05) is 13.8 Å². The van der Waals surface area contributed by atoms with Crippen LogP contribution in [-0.2, 0) is 9.47 Å². The van der Waals surface area contributed by atoms with Crippen molar-refractivity contribution in [3.05, 3.63) is 24.3 Å². The second-order valence-electron chi connectivity index (χ2n) is 5.60. The molecule has 1 fully saturated rings. The summed E-state index contributed by atoms with van der Waals surface area (Å²) in [4.78, 5) is 1.98. The molecule has 0 amide bonds. The van der Waals surface area contributed by atoms with Crippen molar-refractivity contribution in [1.82, 2.24) is 0 Å². The molecule has 1 atom stereocenters. The van der Waals surface area contributed by atoms with E-state index in [1.54, 1.807) is 7.11 Å². The Balaban J connectivity index is 1.91. The zero-order valence-electron chi connectivity index (χ0n) is 12.9. The van der Waals surface area contributed by atoms with Crippen molar-refractivity contribution in [3.63, 3.8) is 0 Å². The fourth-order valence-corrected chi connectivity index (χ4v) is 2.46. The summed E-state index contributed by atoms with van der Waals surface area (Å²) in [7, 11) is 1.67. The topological polar surface area (TPSA) is 30.9 Å². The third kappa shape index (κ3) is 4.58. The molecule has 116 valence electrons. The summed E-state index contributed by atoms with van der Waals surface area (Å²) in [6.45, 7) is 6.40. The molecule has 0 N–H and O–H groups in total. The summed E-state index contributed by atoms with van der Waals surface area (Å²) >= 11 is 5.26. The van der Waals surface area contributed by atoms with Crippen LogP contribution < -0.4 is 9.64 Å². The maximum absolute atomic E-state index is 5.72. The molecule has 2 rings (SSSR count). The van der Waals surface area contributed by atoms with Gasteiger partial charge in [0.1, 0.15) is 11.9 Å². The van der Waals surface area contributed by atoms with Crippen LogP contribution in [0.5, 0.6) is 5.75 Å². The van der Waals surface area contributed by atoms with Crippen molar-refractivity contribution >= 4 is 23.1 Å². The standard InChI is InChI=1S/C16H23NO3S/c1-12(2)8-9-19-14-6-4-13(5-7-14)17-10-15(11-18-3)20-16(17)21/h4-7,12,15H,8-11H2,1-3H3. The zero-order valence-corrected chi connectivity index (χ0v) is 13.7. The molecule has 0 aromatic heterocycles. The number of rotatable bonds is 7. The molecule has 0 bridgehead atoms. The lowest BCUT2D eigenvalue weighted by molar-refractivity contribution is 0.0963. The summed E-state index contributed by atoms with van der Waals surface area (Å²) in [5, 5.41) is 0.505. The van der Waals surface area contributed by atoms with E-state index >= 15 is 0 Å². The molecule has 1 heterocycles. The van der Waals surface area contributed by atoms with Gasteiger partial charge in [-0.05, 0) is 48.8 Å². The molecule has 0 saturated carbocycles. The lowest BCUT2D eigenvalue weighted by atomic mass is 10.1. The van der Waals surface area contributed by atoms with Gasteiger partial charge in [-0.2, -0.15) is 0 Å². The van der Waals surface area contributed by atoms with Crippen molar-refractivity contribution in [2.45, 2.75) is 26.4 Å². The van der Waals surface area contributed by atoms with Crippen molar-refractivity contribution in [2.75, 3.05) is 31.8 Å². The van der Waals surface area contributed by atoms with E-state index in [0.29, 0.717) is 17.7 Å². The fourth-order valence-electron chi connectivity index (χ4n) is 2.14. The molecule has 1 aliphatic heterocycles. The Labute approximate surface area is 132 Å². The first-order valence-electron chi connectivity index (χ1n) is 7.30. The molecule has 4 nitrogen and oxygen atoms in total. The normalized spacial score (nSPS) is 18.2. The number of thiocarbonyl (C=S) groups is 1. The van der Waals surface area contributed by atoms with E-state index in [0.717, 1.165) is 31.0 Å². The average molecular weight is 309 g/mol. The van der Waals surface area contributed by atoms with E-state index in [2.05, 4.69) is 13.8 Å². The second-order valence-corrected chi connectivity index (χ2v) is 5.95. The Hall–Kier alpha value is -1.33. The van der Waals surface area contributed by atoms with Crippen molar-refractivity contribution in [3.8, 4) is 5.75 Å². The van der Waals surface area contributed by atoms with Crippen LogP contribution in [0.4, 0.5) is 5.69 Å². The van der Waals surface area contributed by atoms with Gasteiger partial charge in [0, 0.05) is 12.8 Å². The summed E-state index contributed by atoms with van der Waals surface area (Å²) in [5.74, 6) is 1.54. The minimum Gasteiger partial charge on any atom is -0.494 e. The number of ether oxygens (including phenoxy) is 3. The van der Waals surface area contributed by atoms with Crippen molar-refractivity contribution < 1.29 is 14.2 Å². The van der Waals surface area contributed by atoms with Crippen LogP contribution >= 0.6 is 12.2 Å². The quantitative estimate of drug-likeness (QED) is 0.722. The first-order chi connectivity index (χ1) is 10.1. The number of methoxy groups -OCH3 is 1. The van der Waals surface area contributed by atoms with Crippen molar-refractivity contribution in [1.29, 1.82) is 0 Å². The molecule has 1 unspecified atom stereocenters. The molecule has 5 heteroatoms. The van der Waals surface area contributed by atoms with E-state index in [1.165, 1.54) is 0 Å². The molecule has 1 saturated heterocycles. The second kappa shape index (κ2) is 7.61. The van der Waals surface area contributed by atoms with E-state index in [-0.39, 0.29) is 6.10 Å². The predicted molar refractivity (Wildman–Crippen MR) is 88.1 cm³/mol. The van der Waals surface area contributed by atoms with Crippen LogP contribution in [0.2, 0.25) is 0 Å². The number of nitrogens with zero attached hydrogens (tertiary/aromatic N) is 1. The molecule has 0 spiro atoms. The smallest absolute Gasteiger partial charge is 0.264 e. The molecule has 1 aromatic carbocycles. The Bertz CT molecular complexity index is 461. The number of hydrogen-bond acceptors (Lipinski definition) is 4. The monoisotopic (exact) mass is 309 g/mol. The molecule has 0 radical (unpaired) electrons. The maximum atomic E-state index is 5.72. The van der Waals surface area contributed by atoms with Crippen LogP contribution in [0, 0.1) is 5.92 Å². The highest BCUT2D eigenvalue weighted by molar-refractivity contribution is 7.80. The van der Waals surface area contributed by atoms with Gasteiger partial charge in [0.25, 0.3) is 5.17 Å². The van der Waals surface area contributed by atoms with Gasteiger partial charge in [0.2, 0.25) is 0 Å². The Morgan fingerprint density at radius 2 is 2.05 bits per heavy atom. The van der Waals surface area contributed by atoms with Crippen molar-refractivity contribution in [2.24, 2.45) is 5.92 Å². The summed E-state index contributed by atoms with van der Waals surface area (Å²) in [5.41, 5.74) is 1.02. The highest BCUT2D eigenvalue weighted by atomic mass is 32.1. The third-order valence-electron chi connectivity index (χ3n) is 3.34. The summed E-state index contributed by atoms with van der Waals surface area (Å²) in [6, 6.07) is 7.97. The lowest BCUT2D eigenvalue weighted by Gasteiger charge is -2.15. The molecule has 1 aliphatic rings. The van der Waals surface area contributed by atoms with Gasteiger partial charge in [0.05, 0.1) is 19.8 Å². The first kappa shape index (κ1) is 16.0. The Morgan fingerprint density at radius 1 is 1.33 bits per heavy atom. The summed E-state index contributed by atoms with van der Waals surface area (Å²) < 4.78 is 16.4. The van der Waals surface area contributed by atoms with Crippen LogP contribution in [-0.4, -0.2) is 38.1 Å². The predicted octanol–water partition coefficient (Wildman–Crippen LogP) is 3.25. The van der Waals surface area contributed by atoms with Gasteiger partial charge in [-0.3, -0.25) is 4.90 Å². The number of hydrogen-bond donors (Lipinski definition) is 0. The Morgan fingerprint density at radius 3 is 2.67 bits per heavy atom. The highest BCUT2D eigenvalue weighted by Crippen LogP contribution is 2.24. The average Bonchev–Trinajstić information content (AvgIpc) is 2.80. The molecule has 1 aromatic rings. The third-order valence-corrected chi connectivity index (χ3v) is 3.66.